The van der Waals surface area contributed by atoms with E-state index in [1.165, 1.54) is 4.57 Å². The van der Waals surface area contributed by atoms with E-state index in [-0.39, 0.29) is 11.7 Å². The summed E-state index contributed by atoms with van der Waals surface area (Å²) in [6.07, 6.45) is 7.18. The molecule has 174 valence electrons. The highest BCUT2D eigenvalue weighted by Crippen LogP contribution is 2.33. The predicted molar refractivity (Wildman–Crippen MR) is 127 cm³/mol. The maximum atomic E-state index is 12.9. The van der Waals surface area contributed by atoms with Crippen LogP contribution in [0.25, 0.3) is 10.9 Å². The number of nitrogens with one attached hydrogen (secondary N) is 1. The molecular formula is C24H30N6O3. The van der Waals surface area contributed by atoms with Gasteiger partial charge in [0.2, 0.25) is 0 Å². The maximum Gasteiger partial charge on any atom is 0.264 e. The van der Waals surface area contributed by atoms with Crippen LogP contribution in [0.2, 0.25) is 0 Å². The molecule has 0 radical (unpaired) electrons. The first-order valence-corrected chi connectivity index (χ1v) is 11.6. The number of anilines is 2. The fraction of sp³-hybridized carbons (Fsp3) is 0.500. The Kier molecular flexibility index (Phi) is 6.13. The maximum absolute atomic E-state index is 12.9. The van der Waals surface area contributed by atoms with Crippen molar-refractivity contribution >= 4 is 22.4 Å². The molecule has 2 fully saturated rings. The Bertz CT molecular complexity index is 1180. The van der Waals surface area contributed by atoms with E-state index in [1.54, 1.807) is 19.6 Å². The second kappa shape index (κ2) is 9.35. The molecule has 0 amide bonds. The lowest BCUT2D eigenvalue weighted by Crippen LogP contribution is -2.36. The van der Waals surface area contributed by atoms with Gasteiger partial charge in [-0.3, -0.25) is 4.79 Å². The lowest BCUT2D eigenvalue weighted by Gasteiger charge is -2.31. The molecule has 0 unspecified atom stereocenters. The Morgan fingerprint density at radius 1 is 1.12 bits per heavy atom. The second-order valence-electron chi connectivity index (χ2n) is 8.82. The molecule has 0 spiro atoms. The number of ether oxygens (including phenoxy) is 2. The minimum atomic E-state index is -0.0852. The summed E-state index contributed by atoms with van der Waals surface area (Å²) in [4.78, 5) is 28.3. The Labute approximate surface area is 192 Å². The zero-order valence-corrected chi connectivity index (χ0v) is 19.2. The number of aromatic nitrogens is 4. The van der Waals surface area contributed by atoms with Gasteiger partial charge in [0.1, 0.15) is 22.8 Å². The monoisotopic (exact) mass is 450 g/mol. The molecule has 1 aromatic carbocycles. The van der Waals surface area contributed by atoms with Gasteiger partial charge in [0.25, 0.3) is 5.56 Å². The number of morpholine rings is 1. The molecule has 1 saturated heterocycles. The van der Waals surface area contributed by atoms with Crippen LogP contribution in [0.4, 0.5) is 11.5 Å². The Balaban J connectivity index is 1.34. The van der Waals surface area contributed by atoms with Crippen molar-refractivity contribution in [1.82, 2.24) is 19.5 Å². The highest BCUT2D eigenvalue weighted by atomic mass is 16.5. The first-order valence-electron chi connectivity index (χ1n) is 11.6. The van der Waals surface area contributed by atoms with Crippen molar-refractivity contribution in [1.29, 1.82) is 0 Å². The molecule has 1 saturated carbocycles. The minimum absolute atomic E-state index is 0.0586. The molecule has 9 heteroatoms. The van der Waals surface area contributed by atoms with Crippen LogP contribution in [-0.2, 0) is 11.8 Å². The summed E-state index contributed by atoms with van der Waals surface area (Å²) in [6, 6.07) is 6.25. The first-order chi connectivity index (χ1) is 16.1. The SMILES string of the molecule is Cc1nccc(NC2CCC(Oc3cc(N4CCOCC4)cc4ncn(C)c(=O)c34)CC2)n1. The number of hydrogen-bond acceptors (Lipinski definition) is 8. The van der Waals surface area contributed by atoms with E-state index >= 15 is 0 Å². The molecule has 0 bridgehead atoms. The minimum Gasteiger partial charge on any atom is -0.489 e. The van der Waals surface area contributed by atoms with Crippen LogP contribution in [0.3, 0.4) is 0 Å². The lowest BCUT2D eigenvalue weighted by molar-refractivity contribution is 0.122. The van der Waals surface area contributed by atoms with E-state index in [9.17, 15) is 4.79 Å². The Morgan fingerprint density at radius 3 is 2.67 bits per heavy atom. The summed E-state index contributed by atoms with van der Waals surface area (Å²) in [5.41, 5.74) is 1.61. The van der Waals surface area contributed by atoms with Crippen molar-refractivity contribution < 1.29 is 9.47 Å². The van der Waals surface area contributed by atoms with Crippen LogP contribution in [0.1, 0.15) is 31.5 Å². The fourth-order valence-electron chi connectivity index (χ4n) is 4.63. The quantitative estimate of drug-likeness (QED) is 0.634. The van der Waals surface area contributed by atoms with Crippen molar-refractivity contribution in [3.8, 4) is 5.75 Å². The van der Waals surface area contributed by atoms with E-state index in [2.05, 4.69) is 25.2 Å². The van der Waals surface area contributed by atoms with Crippen molar-refractivity contribution in [3.63, 3.8) is 0 Å². The standard InChI is InChI=1S/C24H30N6O3/c1-16-25-8-7-22(27-16)28-17-3-5-19(6-4-17)33-21-14-18(30-9-11-32-12-10-30)13-20-23(21)24(31)29(2)15-26-20/h7-8,13-15,17,19H,3-6,9-12H2,1-2H3,(H,25,27,28). The molecule has 2 aromatic heterocycles. The number of benzene rings is 1. The smallest absolute Gasteiger partial charge is 0.264 e. The van der Waals surface area contributed by atoms with Crippen molar-refractivity contribution in [2.24, 2.45) is 7.05 Å². The number of aryl methyl sites for hydroxylation is 2. The van der Waals surface area contributed by atoms with Gasteiger partial charge in [-0.25, -0.2) is 15.0 Å². The third kappa shape index (κ3) is 4.78. The van der Waals surface area contributed by atoms with Gasteiger partial charge in [0.15, 0.2) is 0 Å². The normalized spacial score (nSPS) is 21.2. The molecule has 3 heterocycles. The van der Waals surface area contributed by atoms with Gasteiger partial charge in [0, 0.05) is 44.1 Å². The van der Waals surface area contributed by atoms with Gasteiger partial charge in [-0.05, 0) is 44.7 Å². The van der Waals surface area contributed by atoms with Crippen LogP contribution < -0.4 is 20.5 Å². The molecule has 9 nitrogen and oxygen atoms in total. The summed E-state index contributed by atoms with van der Waals surface area (Å²) >= 11 is 0. The summed E-state index contributed by atoms with van der Waals surface area (Å²) in [7, 11) is 1.72. The molecule has 0 atom stereocenters. The molecule has 2 aliphatic rings. The van der Waals surface area contributed by atoms with E-state index < -0.39 is 0 Å². The molecule has 3 aromatic rings. The van der Waals surface area contributed by atoms with Crippen molar-refractivity contribution in [2.45, 2.75) is 44.8 Å². The number of hydrogen-bond donors (Lipinski definition) is 1. The Hall–Kier alpha value is -3.20. The van der Waals surface area contributed by atoms with E-state index in [0.717, 1.165) is 56.1 Å². The van der Waals surface area contributed by atoms with Gasteiger partial charge >= 0.3 is 0 Å². The van der Waals surface area contributed by atoms with Crippen molar-refractivity contribution in [3.05, 3.63) is 46.9 Å². The van der Waals surface area contributed by atoms with Crippen LogP contribution in [-0.4, -0.2) is 58.0 Å². The van der Waals surface area contributed by atoms with Gasteiger partial charge in [0.05, 0.1) is 31.2 Å². The average molecular weight is 451 g/mol. The van der Waals surface area contributed by atoms with E-state index in [4.69, 9.17) is 9.47 Å². The molecule has 5 rings (SSSR count). The number of fused-ring (bicyclic) bond motifs is 1. The molecule has 33 heavy (non-hydrogen) atoms. The third-order valence-electron chi connectivity index (χ3n) is 6.44. The van der Waals surface area contributed by atoms with Gasteiger partial charge in [-0.1, -0.05) is 0 Å². The molecule has 1 aliphatic heterocycles. The number of rotatable bonds is 5. The molecule has 1 aliphatic carbocycles. The summed E-state index contributed by atoms with van der Waals surface area (Å²) < 4.78 is 13.5. The van der Waals surface area contributed by atoms with Crippen LogP contribution >= 0.6 is 0 Å². The zero-order valence-electron chi connectivity index (χ0n) is 19.2. The van der Waals surface area contributed by atoms with E-state index in [1.807, 2.05) is 25.1 Å². The lowest BCUT2D eigenvalue weighted by atomic mass is 9.93. The van der Waals surface area contributed by atoms with Crippen molar-refractivity contribution in [2.75, 3.05) is 36.5 Å². The highest BCUT2D eigenvalue weighted by Gasteiger charge is 2.25. The number of nitrogens with zero attached hydrogens (tertiary/aromatic N) is 5. The predicted octanol–water partition coefficient (Wildman–Crippen LogP) is 2.67. The summed E-state index contributed by atoms with van der Waals surface area (Å²) in [5.74, 6) is 2.26. The molecule has 1 N–H and O–H groups in total. The summed E-state index contributed by atoms with van der Waals surface area (Å²) in [6.45, 7) is 4.91. The average Bonchev–Trinajstić information content (AvgIpc) is 2.83. The van der Waals surface area contributed by atoms with E-state index in [0.29, 0.717) is 35.9 Å². The highest BCUT2D eigenvalue weighted by molar-refractivity contribution is 5.88. The summed E-state index contributed by atoms with van der Waals surface area (Å²) in [5, 5.41) is 4.07. The molecular weight excluding hydrogens is 420 g/mol. The van der Waals surface area contributed by atoms with Crippen LogP contribution in [0.5, 0.6) is 5.75 Å². The topological polar surface area (TPSA) is 94.4 Å². The van der Waals surface area contributed by atoms with Crippen LogP contribution in [0.15, 0.2) is 35.5 Å². The first kappa shape index (κ1) is 21.6. The van der Waals surface area contributed by atoms with Gasteiger partial charge in [-0.15, -0.1) is 0 Å². The van der Waals surface area contributed by atoms with Gasteiger partial charge < -0.3 is 24.3 Å². The largest absolute Gasteiger partial charge is 0.489 e. The zero-order chi connectivity index (χ0) is 22.8. The second-order valence-corrected chi connectivity index (χ2v) is 8.82. The Morgan fingerprint density at radius 2 is 1.91 bits per heavy atom. The van der Waals surface area contributed by atoms with Gasteiger partial charge in [-0.2, -0.15) is 0 Å². The fourth-order valence-corrected chi connectivity index (χ4v) is 4.63. The third-order valence-corrected chi connectivity index (χ3v) is 6.44. The van der Waals surface area contributed by atoms with Crippen LogP contribution in [0, 0.1) is 6.92 Å².